The minimum Gasteiger partial charge on any atom is -0.466 e. The van der Waals surface area contributed by atoms with Gasteiger partial charge in [-0.1, -0.05) is 42.5 Å². The minimum atomic E-state index is -4.66. The van der Waals surface area contributed by atoms with E-state index in [2.05, 4.69) is 0 Å². The maximum absolute atomic E-state index is 13.3. The van der Waals surface area contributed by atoms with Crippen molar-refractivity contribution in [1.29, 1.82) is 5.26 Å². The molecule has 3 rings (SSSR count). The predicted molar refractivity (Wildman–Crippen MR) is 118 cm³/mol. The molecule has 1 aliphatic heterocycles. The van der Waals surface area contributed by atoms with Crippen molar-refractivity contribution in [2.24, 2.45) is 5.73 Å². The van der Waals surface area contributed by atoms with E-state index in [0.717, 1.165) is 19.1 Å². The second-order valence-corrected chi connectivity index (χ2v) is 7.96. The van der Waals surface area contributed by atoms with Crippen molar-refractivity contribution < 1.29 is 32.2 Å². The number of alkyl halides is 3. The zero-order valence-electron chi connectivity index (χ0n) is 17.9. The summed E-state index contributed by atoms with van der Waals surface area (Å²) in [5.74, 6) is -3.46. The van der Waals surface area contributed by atoms with E-state index >= 15 is 0 Å². The van der Waals surface area contributed by atoms with Crippen molar-refractivity contribution in [2.45, 2.75) is 16.3 Å². The van der Waals surface area contributed by atoms with Crippen LogP contribution in [-0.4, -0.2) is 31.7 Å². The van der Waals surface area contributed by atoms with Crippen molar-refractivity contribution in [3.63, 3.8) is 0 Å². The Kier molecular flexibility index (Phi) is 7.22. The number of allylic oxidation sites excluding steroid dienone is 1. The minimum absolute atomic E-state index is 0.147. The normalized spacial score (nSPS) is 16.2. The predicted octanol–water partition coefficient (Wildman–Crippen LogP) is 4.20. The maximum Gasteiger partial charge on any atom is 0.446 e. The fourth-order valence-corrected chi connectivity index (χ4v) is 4.28. The van der Waals surface area contributed by atoms with E-state index < -0.39 is 40.8 Å². The van der Waals surface area contributed by atoms with Crippen LogP contribution in [0.15, 0.2) is 82.2 Å². The number of methoxy groups -OCH3 is 2. The van der Waals surface area contributed by atoms with Gasteiger partial charge in [-0.05, 0) is 29.5 Å². The van der Waals surface area contributed by atoms with E-state index in [1.165, 1.54) is 24.3 Å². The van der Waals surface area contributed by atoms with Gasteiger partial charge in [0.2, 0.25) is 0 Å². The van der Waals surface area contributed by atoms with Crippen molar-refractivity contribution in [3.05, 3.63) is 82.8 Å². The third-order valence-electron chi connectivity index (χ3n) is 4.94. The SMILES string of the molecule is COC(=O)C1=C(C(=O)OC)N(c2ccccc2SC(F)(F)F)C(N)=C(C#N)C1c1ccccc1. The zero-order chi connectivity index (χ0) is 25.0. The Hall–Kier alpha value is -3.91. The number of ether oxygens (including phenoxy) is 2. The smallest absolute Gasteiger partial charge is 0.446 e. The summed E-state index contributed by atoms with van der Waals surface area (Å²) in [6, 6.07) is 15.5. The summed E-state index contributed by atoms with van der Waals surface area (Å²) in [6.45, 7) is 0. The fourth-order valence-electron chi connectivity index (χ4n) is 3.62. The first-order valence-electron chi connectivity index (χ1n) is 9.65. The van der Waals surface area contributed by atoms with Crippen LogP contribution in [0.1, 0.15) is 11.5 Å². The molecule has 176 valence electrons. The Balaban J connectivity index is 2.42. The molecule has 1 unspecified atom stereocenters. The van der Waals surface area contributed by atoms with Crippen LogP contribution in [0.3, 0.4) is 0 Å². The van der Waals surface area contributed by atoms with Gasteiger partial charge in [0.25, 0.3) is 0 Å². The van der Waals surface area contributed by atoms with Gasteiger partial charge in [-0.3, -0.25) is 4.90 Å². The van der Waals surface area contributed by atoms with Crippen LogP contribution >= 0.6 is 11.8 Å². The van der Waals surface area contributed by atoms with E-state index in [0.29, 0.717) is 5.56 Å². The second-order valence-electron chi connectivity index (χ2n) is 6.85. The number of thioether (sulfide) groups is 1. The van der Waals surface area contributed by atoms with E-state index in [4.69, 9.17) is 15.2 Å². The second kappa shape index (κ2) is 9.93. The number of halogens is 3. The topological polar surface area (TPSA) is 106 Å². The number of hydrogen-bond acceptors (Lipinski definition) is 8. The van der Waals surface area contributed by atoms with Gasteiger partial charge in [-0.25, -0.2) is 9.59 Å². The van der Waals surface area contributed by atoms with Crippen molar-refractivity contribution in [1.82, 2.24) is 0 Å². The molecule has 0 saturated heterocycles. The molecule has 0 fully saturated rings. The van der Waals surface area contributed by atoms with E-state index in [1.54, 1.807) is 30.3 Å². The standard InChI is InChI=1S/C23H18F3N3O4S/c1-32-21(30)18-17(13-8-4-3-5-9-13)14(12-27)20(28)29(19(18)22(31)33-2)15-10-6-7-11-16(15)34-23(24,25)26/h3-11,17H,28H2,1-2H3. The van der Waals surface area contributed by atoms with Gasteiger partial charge in [-0.2, -0.15) is 18.4 Å². The molecule has 0 spiro atoms. The van der Waals surface area contributed by atoms with Gasteiger partial charge >= 0.3 is 17.4 Å². The van der Waals surface area contributed by atoms with E-state index in [1.807, 2.05) is 6.07 Å². The number of carbonyl (C=O) groups excluding carboxylic acids is 2. The zero-order valence-corrected chi connectivity index (χ0v) is 18.7. The number of anilines is 1. The number of carbonyl (C=O) groups is 2. The van der Waals surface area contributed by atoms with Gasteiger partial charge < -0.3 is 15.2 Å². The van der Waals surface area contributed by atoms with Crippen LogP contribution in [0.25, 0.3) is 0 Å². The fraction of sp³-hybridized carbons (Fsp3) is 0.174. The largest absolute Gasteiger partial charge is 0.466 e. The van der Waals surface area contributed by atoms with E-state index in [-0.39, 0.29) is 27.6 Å². The van der Waals surface area contributed by atoms with Crippen LogP contribution in [0.5, 0.6) is 0 Å². The summed E-state index contributed by atoms with van der Waals surface area (Å²) in [5, 5.41) is 9.98. The van der Waals surface area contributed by atoms with Crippen molar-refractivity contribution in [3.8, 4) is 6.07 Å². The van der Waals surface area contributed by atoms with Gasteiger partial charge in [0, 0.05) is 4.90 Å². The van der Waals surface area contributed by atoms with Crippen LogP contribution in [0.2, 0.25) is 0 Å². The van der Waals surface area contributed by atoms with E-state index in [9.17, 15) is 28.0 Å². The highest BCUT2D eigenvalue weighted by molar-refractivity contribution is 8.00. The summed E-state index contributed by atoms with van der Waals surface area (Å²) in [6.07, 6.45) is 0. The number of esters is 2. The Bertz CT molecular complexity index is 1220. The number of nitriles is 1. The number of nitrogens with zero attached hydrogens (tertiary/aromatic N) is 2. The third-order valence-corrected chi connectivity index (χ3v) is 5.74. The molecule has 0 radical (unpaired) electrons. The number of rotatable bonds is 5. The molecule has 2 aromatic rings. The lowest BCUT2D eigenvalue weighted by Crippen LogP contribution is -2.41. The van der Waals surface area contributed by atoms with Crippen LogP contribution in [0.4, 0.5) is 18.9 Å². The molecule has 2 N–H and O–H groups in total. The molecule has 11 heteroatoms. The van der Waals surface area contributed by atoms with Crippen molar-refractivity contribution >= 4 is 29.4 Å². The molecule has 34 heavy (non-hydrogen) atoms. The molecular weight excluding hydrogens is 471 g/mol. The molecule has 0 aliphatic carbocycles. The average molecular weight is 489 g/mol. The molecule has 1 aliphatic rings. The number of nitrogens with two attached hydrogens (primary N) is 1. The molecule has 0 amide bonds. The summed E-state index contributed by atoms with van der Waals surface area (Å²) in [4.78, 5) is 26.6. The summed E-state index contributed by atoms with van der Waals surface area (Å²) in [7, 11) is 2.13. The molecule has 0 bridgehead atoms. The number of benzene rings is 2. The first-order chi connectivity index (χ1) is 16.1. The lowest BCUT2D eigenvalue weighted by atomic mass is 9.81. The van der Waals surface area contributed by atoms with Gasteiger partial charge in [-0.15, -0.1) is 0 Å². The Labute approximate surface area is 197 Å². The molecule has 2 aromatic carbocycles. The molecule has 0 saturated carbocycles. The van der Waals surface area contributed by atoms with Gasteiger partial charge in [0.15, 0.2) is 0 Å². The molecule has 1 heterocycles. The Morgan fingerprint density at radius 3 is 2.18 bits per heavy atom. The lowest BCUT2D eigenvalue weighted by molar-refractivity contribution is -0.139. The number of para-hydroxylation sites is 1. The third kappa shape index (κ3) is 4.72. The maximum atomic E-state index is 13.3. The summed E-state index contributed by atoms with van der Waals surface area (Å²) in [5.41, 5.74) is 1.05. The summed E-state index contributed by atoms with van der Waals surface area (Å²) >= 11 is -0.428. The highest BCUT2D eigenvalue weighted by Gasteiger charge is 2.44. The van der Waals surface area contributed by atoms with Gasteiger partial charge in [0.1, 0.15) is 11.5 Å². The Morgan fingerprint density at radius 2 is 1.62 bits per heavy atom. The highest BCUT2D eigenvalue weighted by atomic mass is 32.2. The molecule has 1 atom stereocenters. The van der Waals surface area contributed by atoms with Crippen LogP contribution < -0.4 is 10.6 Å². The first kappa shape index (κ1) is 24.7. The highest BCUT2D eigenvalue weighted by Crippen LogP contribution is 2.47. The monoisotopic (exact) mass is 489 g/mol. The number of hydrogen-bond donors (Lipinski definition) is 1. The van der Waals surface area contributed by atoms with Crippen molar-refractivity contribution in [2.75, 3.05) is 19.1 Å². The molecule has 7 nitrogen and oxygen atoms in total. The lowest BCUT2D eigenvalue weighted by Gasteiger charge is -2.36. The molecular formula is C23H18F3N3O4S. The first-order valence-corrected chi connectivity index (χ1v) is 10.5. The Morgan fingerprint density at radius 1 is 1.03 bits per heavy atom. The average Bonchev–Trinajstić information content (AvgIpc) is 2.82. The van der Waals surface area contributed by atoms with Crippen LogP contribution in [0, 0.1) is 11.3 Å². The summed E-state index contributed by atoms with van der Waals surface area (Å²) < 4.78 is 49.6. The quantitative estimate of drug-likeness (QED) is 0.492. The van der Waals surface area contributed by atoms with Gasteiger partial charge in [0.05, 0.1) is 43.0 Å². The van der Waals surface area contributed by atoms with Crippen LogP contribution in [-0.2, 0) is 19.1 Å². The molecule has 0 aromatic heterocycles.